The van der Waals surface area contributed by atoms with Crippen LogP contribution in [0.4, 0.5) is 9.18 Å². The van der Waals surface area contributed by atoms with E-state index in [4.69, 9.17) is 17.3 Å². The minimum absolute atomic E-state index is 0.0538. The number of nitrogens with zero attached hydrogens (tertiary/aromatic N) is 1. The van der Waals surface area contributed by atoms with Gasteiger partial charge in [-0.3, -0.25) is 0 Å². The molecule has 2 amide bonds. The van der Waals surface area contributed by atoms with Gasteiger partial charge in [0.15, 0.2) is 0 Å². The number of carbonyl (C=O) groups excluding carboxylic acids is 1. The second kappa shape index (κ2) is 5.53. The van der Waals surface area contributed by atoms with Crippen molar-refractivity contribution in [2.75, 3.05) is 6.54 Å². The third kappa shape index (κ3) is 2.24. The second-order valence-corrected chi connectivity index (χ2v) is 6.35. The van der Waals surface area contributed by atoms with Gasteiger partial charge in [-0.2, -0.15) is 0 Å². The number of hydrogen-bond donors (Lipinski definition) is 2. The van der Waals surface area contributed by atoms with E-state index in [2.05, 4.69) is 11.1 Å². The van der Waals surface area contributed by atoms with Gasteiger partial charge < -0.3 is 15.6 Å². The lowest BCUT2D eigenvalue weighted by atomic mass is 9.88. The lowest BCUT2D eigenvalue weighted by molar-refractivity contribution is 0.190. The molecule has 0 bridgehead atoms. The number of fused-ring (bicyclic) bond motifs is 2. The van der Waals surface area contributed by atoms with Crippen LogP contribution in [-0.2, 0) is 6.42 Å². The summed E-state index contributed by atoms with van der Waals surface area (Å²) in [6, 6.07) is 10.1. The summed E-state index contributed by atoms with van der Waals surface area (Å²) in [6.45, 7) is 0.540. The predicted octanol–water partition coefficient (Wildman–Crippen LogP) is 3.99. The van der Waals surface area contributed by atoms with E-state index in [0.717, 1.165) is 22.9 Å². The van der Waals surface area contributed by atoms with Crippen LogP contribution in [-0.4, -0.2) is 22.5 Å². The zero-order valence-corrected chi connectivity index (χ0v) is 13.5. The third-order valence-electron chi connectivity index (χ3n) is 4.62. The van der Waals surface area contributed by atoms with E-state index in [-0.39, 0.29) is 11.1 Å². The zero-order chi connectivity index (χ0) is 16.8. The lowest BCUT2D eigenvalue weighted by Gasteiger charge is -2.36. The minimum atomic E-state index is -0.478. The van der Waals surface area contributed by atoms with Crippen molar-refractivity contribution in [3.8, 4) is 0 Å². The van der Waals surface area contributed by atoms with Crippen LogP contribution < -0.4 is 5.73 Å². The van der Waals surface area contributed by atoms with Gasteiger partial charge >= 0.3 is 6.03 Å². The van der Waals surface area contributed by atoms with Crippen LogP contribution in [0.2, 0.25) is 5.02 Å². The van der Waals surface area contributed by atoms with Crippen LogP contribution in [0.3, 0.4) is 0 Å². The number of nitrogens with two attached hydrogens (primary N) is 1. The SMILES string of the molecule is NC(=O)N1CCc2ccccc2C1c1c[nH]c2cc(F)c(Cl)cc12. The van der Waals surface area contributed by atoms with Crippen molar-refractivity contribution >= 4 is 28.5 Å². The largest absolute Gasteiger partial charge is 0.361 e. The molecule has 2 aromatic carbocycles. The monoisotopic (exact) mass is 343 g/mol. The average Bonchev–Trinajstić information content (AvgIpc) is 2.96. The van der Waals surface area contributed by atoms with Gasteiger partial charge in [0, 0.05) is 29.2 Å². The molecule has 0 radical (unpaired) electrons. The summed E-state index contributed by atoms with van der Waals surface area (Å²) in [7, 11) is 0. The van der Waals surface area contributed by atoms with Crippen molar-refractivity contribution in [3.63, 3.8) is 0 Å². The Balaban J connectivity index is 1.95. The first-order chi connectivity index (χ1) is 11.6. The Morgan fingerprint density at radius 2 is 2.08 bits per heavy atom. The number of primary amides is 1. The standard InChI is InChI=1S/C18H15ClFN3O/c19-14-7-12-13(9-22-16(12)8-15(14)20)17-11-4-2-1-3-10(11)5-6-23(17)18(21)24/h1-4,7-9,17,22H,5-6H2,(H2,21,24). The number of hydrogen-bond acceptors (Lipinski definition) is 1. The van der Waals surface area contributed by atoms with E-state index in [1.807, 2.05) is 18.2 Å². The molecule has 1 aliphatic heterocycles. The summed E-state index contributed by atoms with van der Waals surface area (Å²) >= 11 is 5.96. The van der Waals surface area contributed by atoms with Gasteiger partial charge in [-0.15, -0.1) is 0 Å². The van der Waals surface area contributed by atoms with E-state index in [0.29, 0.717) is 12.1 Å². The summed E-state index contributed by atoms with van der Waals surface area (Å²) in [5, 5.41) is 0.840. The topological polar surface area (TPSA) is 62.1 Å². The Hall–Kier alpha value is -2.53. The van der Waals surface area contributed by atoms with Gasteiger partial charge in [-0.1, -0.05) is 35.9 Å². The number of urea groups is 1. The van der Waals surface area contributed by atoms with E-state index >= 15 is 0 Å². The minimum Gasteiger partial charge on any atom is -0.361 e. The molecule has 1 aliphatic rings. The first kappa shape index (κ1) is 15.0. The van der Waals surface area contributed by atoms with Crippen LogP contribution in [0.25, 0.3) is 10.9 Å². The molecule has 0 spiro atoms. The number of aromatic amines is 1. The number of halogens is 2. The fourth-order valence-corrected chi connectivity index (χ4v) is 3.67. The summed E-state index contributed by atoms with van der Waals surface area (Å²) in [5.74, 6) is -0.478. The fraction of sp³-hybridized carbons (Fsp3) is 0.167. The molecule has 0 saturated heterocycles. The fourth-order valence-electron chi connectivity index (χ4n) is 3.50. The highest BCUT2D eigenvalue weighted by molar-refractivity contribution is 6.31. The van der Waals surface area contributed by atoms with Crippen molar-refractivity contribution in [2.24, 2.45) is 5.73 Å². The van der Waals surface area contributed by atoms with E-state index < -0.39 is 11.8 Å². The van der Waals surface area contributed by atoms with Gasteiger partial charge in [-0.25, -0.2) is 9.18 Å². The van der Waals surface area contributed by atoms with E-state index in [9.17, 15) is 9.18 Å². The Kier molecular flexibility index (Phi) is 3.46. The van der Waals surface area contributed by atoms with E-state index in [1.54, 1.807) is 17.2 Å². The summed E-state index contributed by atoms with van der Waals surface area (Å²) < 4.78 is 13.7. The second-order valence-electron chi connectivity index (χ2n) is 5.94. The number of benzene rings is 2. The van der Waals surface area contributed by atoms with Gasteiger partial charge in [0.1, 0.15) is 5.82 Å². The number of nitrogens with one attached hydrogen (secondary N) is 1. The number of H-pyrrole nitrogens is 1. The van der Waals surface area contributed by atoms with Crippen molar-refractivity contribution in [2.45, 2.75) is 12.5 Å². The zero-order valence-electron chi connectivity index (χ0n) is 12.7. The van der Waals surface area contributed by atoms with Crippen LogP contribution in [0.1, 0.15) is 22.7 Å². The van der Waals surface area contributed by atoms with Crippen molar-refractivity contribution in [1.29, 1.82) is 0 Å². The lowest BCUT2D eigenvalue weighted by Crippen LogP contribution is -2.43. The number of amides is 2. The summed E-state index contributed by atoms with van der Waals surface area (Å²) in [4.78, 5) is 16.7. The normalized spacial score (nSPS) is 17.1. The molecule has 2 heterocycles. The van der Waals surface area contributed by atoms with Crippen LogP contribution in [0, 0.1) is 5.82 Å². The Bertz CT molecular complexity index is 953. The maximum absolute atomic E-state index is 13.7. The average molecular weight is 344 g/mol. The van der Waals surface area contributed by atoms with Crippen LogP contribution >= 0.6 is 11.6 Å². The molecule has 6 heteroatoms. The molecule has 1 unspecified atom stereocenters. The number of aromatic nitrogens is 1. The van der Waals surface area contributed by atoms with Crippen molar-refractivity contribution < 1.29 is 9.18 Å². The van der Waals surface area contributed by atoms with E-state index in [1.165, 1.54) is 11.6 Å². The first-order valence-electron chi connectivity index (χ1n) is 7.66. The maximum atomic E-state index is 13.7. The molecule has 0 saturated carbocycles. The quantitative estimate of drug-likeness (QED) is 0.689. The van der Waals surface area contributed by atoms with Gasteiger partial charge in [0.05, 0.1) is 11.1 Å². The molecule has 4 nitrogen and oxygen atoms in total. The van der Waals surface area contributed by atoms with Gasteiger partial charge in [0.25, 0.3) is 0 Å². The number of carbonyl (C=O) groups is 1. The highest BCUT2D eigenvalue weighted by atomic mass is 35.5. The molecule has 0 fully saturated rings. The molecular weight excluding hydrogens is 329 g/mol. The van der Waals surface area contributed by atoms with Gasteiger partial charge in [0.2, 0.25) is 0 Å². The Labute approximate surface area is 143 Å². The highest BCUT2D eigenvalue weighted by Crippen LogP contribution is 2.39. The van der Waals surface area contributed by atoms with Crippen LogP contribution in [0.5, 0.6) is 0 Å². The van der Waals surface area contributed by atoms with Crippen molar-refractivity contribution in [3.05, 3.63) is 70.1 Å². The third-order valence-corrected chi connectivity index (χ3v) is 4.91. The molecule has 3 N–H and O–H groups in total. The summed E-state index contributed by atoms with van der Waals surface area (Å²) in [6.07, 6.45) is 2.55. The van der Waals surface area contributed by atoms with Crippen molar-refractivity contribution in [1.82, 2.24) is 9.88 Å². The van der Waals surface area contributed by atoms with Crippen LogP contribution in [0.15, 0.2) is 42.6 Å². The maximum Gasteiger partial charge on any atom is 0.315 e. The predicted molar refractivity (Wildman–Crippen MR) is 91.5 cm³/mol. The molecule has 0 aliphatic carbocycles. The molecule has 3 aromatic rings. The molecule has 1 aromatic heterocycles. The molecule has 4 rings (SSSR count). The van der Waals surface area contributed by atoms with Gasteiger partial charge in [-0.05, 0) is 29.7 Å². The number of rotatable bonds is 1. The molecule has 122 valence electrons. The molecular formula is C18H15ClFN3O. The summed E-state index contributed by atoms with van der Waals surface area (Å²) in [5.41, 5.74) is 9.32. The smallest absolute Gasteiger partial charge is 0.315 e. The highest BCUT2D eigenvalue weighted by Gasteiger charge is 2.32. The Morgan fingerprint density at radius 1 is 1.29 bits per heavy atom. The first-order valence-corrected chi connectivity index (χ1v) is 8.04. The Morgan fingerprint density at radius 3 is 2.88 bits per heavy atom. The molecule has 24 heavy (non-hydrogen) atoms. The molecule has 1 atom stereocenters.